The first kappa shape index (κ1) is 12.3. The summed E-state index contributed by atoms with van der Waals surface area (Å²) in [6.45, 7) is 0. The number of H-pyrrole nitrogens is 1. The summed E-state index contributed by atoms with van der Waals surface area (Å²) in [5.74, 6) is 0.628. The van der Waals surface area contributed by atoms with Crippen LogP contribution in [0.2, 0.25) is 0 Å². The van der Waals surface area contributed by atoms with E-state index < -0.39 is 0 Å². The summed E-state index contributed by atoms with van der Waals surface area (Å²) in [5.41, 5.74) is 0.893. The number of hydrogen-bond donors (Lipinski definition) is 2. The van der Waals surface area contributed by atoms with E-state index in [1.54, 1.807) is 18.5 Å². The zero-order chi connectivity index (χ0) is 12.3. The summed E-state index contributed by atoms with van der Waals surface area (Å²) in [4.78, 5) is 7.22. The van der Waals surface area contributed by atoms with Gasteiger partial charge in [-0.25, -0.2) is 9.37 Å². The molecule has 90 valence electrons. The molecule has 0 fully saturated rings. The molecule has 1 atom stereocenters. The smallest absolute Gasteiger partial charge is 0.137 e. The summed E-state index contributed by atoms with van der Waals surface area (Å²) < 4.78 is 14.0. The van der Waals surface area contributed by atoms with Crippen molar-refractivity contribution < 1.29 is 4.39 Å². The number of aromatic amines is 1. The number of likely N-dealkylation sites (N-methyl/N-ethyl adjacent to an activating group) is 1. The largest absolute Gasteiger partial charge is 0.349 e. The number of aromatic nitrogens is 2. The molecule has 3 nitrogen and oxygen atoms in total. The van der Waals surface area contributed by atoms with Gasteiger partial charge in [-0.1, -0.05) is 12.1 Å². The van der Waals surface area contributed by atoms with Crippen molar-refractivity contribution in [3.8, 4) is 0 Å². The number of nitrogens with one attached hydrogen (secondary N) is 2. The monoisotopic (exact) mass is 297 g/mol. The van der Waals surface area contributed by atoms with Gasteiger partial charge in [0.05, 0.1) is 4.47 Å². The van der Waals surface area contributed by atoms with Gasteiger partial charge in [-0.05, 0) is 34.6 Å². The van der Waals surface area contributed by atoms with Gasteiger partial charge in [-0.3, -0.25) is 0 Å². The summed E-state index contributed by atoms with van der Waals surface area (Å²) in [7, 11) is 1.85. The molecule has 2 rings (SSSR count). The maximum atomic E-state index is 13.5. The van der Waals surface area contributed by atoms with E-state index in [4.69, 9.17) is 0 Å². The predicted octanol–water partition coefficient (Wildman–Crippen LogP) is 2.81. The number of hydrogen-bond acceptors (Lipinski definition) is 2. The molecule has 2 N–H and O–H groups in total. The second kappa shape index (κ2) is 5.42. The average Bonchev–Trinajstić information content (AvgIpc) is 2.83. The van der Waals surface area contributed by atoms with Crippen LogP contribution in [0.5, 0.6) is 0 Å². The van der Waals surface area contributed by atoms with Crippen molar-refractivity contribution in [1.82, 2.24) is 15.3 Å². The Kier molecular flexibility index (Phi) is 3.91. The summed E-state index contributed by atoms with van der Waals surface area (Å²) in [5, 5.41) is 3.17. The van der Waals surface area contributed by atoms with Gasteiger partial charge in [0.2, 0.25) is 0 Å². The molecule has 5 heteroatoms. The Bertz CT molecular complexity index is 485. The maximum Gasteiger partial charge on any atom is 0.137 e. The van der Waals surface area contributed by atoms with Gasteiger partial charge in [-0.2, -0.15) is 0 Å². The van der Waals surface area contributed by atoms with Crippen molar-refractivity contribution in [2.45, 2.75) is 12.5 Å². The normalized spacial score (nSPS) is 12.6. The van der Waals surface area contributed by atoms with Crippen LogP contribution in [0.25, 0.3) is 0 Å². The lowest BCUT2D eigenvalue weighted by molar-refractivity contribution is 0.561. The minimum atomic E-state index is -0.248. The first-order chi connectivity index (χ1) is 8.22. The van der Waals surface area contributed by atoms with E-state index in [1.807, 2.05) is 13.1 Å². The third kappa shape index (κ3) is 2.73. The van der Waals surface area contributed by atoms with E-state index in [-0.39, 0.29) is 11.9 Å². The van der Waals surface area contributed by atoms with Crippen molar-refractivity contribution in [3.63, 3.8) is 0 Å². The molecule has 0 aliphatic heterocycles. The molecule has 0 aliphatic carbocycles. The Labute approximate surface area is 108 Å². The van der Waals surface area contributed by atoms with Crippen molar-refractivity contribution >= 4 is 15.9 Å². The molecule has 0 saturated carbocycles. The third-order valence-electron chi connectivity index (χ3n) is 2.66. The summed E-state index contributed by atoms with van der Waals surface area (Å²) in [6.07, 6.45) is 4.18. The Balaban J connectivity index is 2.26. The molecule has 1 heterocycles. The van der Waals surface area contributed by atoms with Crippen LogP contribution >= 0.6 is 15.9 Å². The van der Waals surface area contributed by atoms with Gasteiger partial charge in [0, 0.05) is 24.9 Å². The topological polar surface area (TPSA) is 40.7 Å². The summed E-state index contributed by atoms with van der Waals surface area (Å²) >= 11 is 3.28. The lowest BCUT2D eigenvalue weighted by atomic mass is 10.0. The van der Waals surface area contributed by atoms with Crippen molar-refractivity contribution in [2.24, 2.45) is 0 Å². The fraction of sp³-hybridized carbons (Fsp3) is 0.250. The van der Waals surface area contributed by atoms with E-state index >= 15 is 0 Å². The molecular weight excluding hydrogens is 285 g/mol. The maximum absolute atomic E-state index is 13.5. The highest BCUT2D eigenvalue weighted by atomic mass is 79.9. The van der Waals surface area contributed by atoms with Crippen molar-refractivity contribution in [1.29, 1.82) is 0 Å². The van der Waals surface area contributed by atoms with Crippen LogP contribution in [0.1, 0.15) is 17.4 Å². The minimum Gasteiger partial charge on any atom is -0.349 e. The van der Waals surface area contributed by atoms with Crippen LogP contribution in [0, 0.1) is 5.82 Å². The Morgan fingerprint density at radius 3 is 3.00 bits per heavy atom. The van der Waals surface area contributed by atoms with Crippen LogP contribution in [-0.4, -0.2) is 17.0 Å². The molecule has 0 saturated heterocycles. The van der Waals surface area contributed by atoms with Gasteiger partial charge in [0.15, 0.2) is 0 Å². The van der Waals surface area contributed by atoms with E-state index in [9.17, 15) is 4.39 Å². The van der Waals surface area contributed by atoms with E-state index in [0.29, 0.717) is 10.9 Å². The van der Waals surface area contributed by atoms with Crippen molar-refractivity contribution in [2.75, 3.05) is 7.05 Å². The molecule has 0 bridgehead atoms. The Morgan fingerprint density at radius 1 is 1.53 bits per heavy atom. The van der Waals surface area contributed by atoms with Crippen LogP contribution in [-0.2, 0) is 6.42 Å². The SMILES string of the molecule is CNC(Cc1ncc[nH]1)c1cccc(F)c1Br. The van der Waals surface area contributed by atoms with E-state index in [0.717, 1.165) is 11.4 Å². The third-order valence-corrected chi connectivity index (χ3v) is 3.49. The van der Waals surface area contributed by atoms with Gasteiger partial charge >= 0.3 is 0 Å². The molecule has 0 radical (unpaired) electrons. The highest BCUT2D eigenvalue weighted by molar-refractivity contribution is 9.10. The molecular formula is C12H13BrFN3. The number of imidazole rings is 1. The van der Waals surface area contributed by atoms with E-state index in [2.05, 4.69) is 31.2 Å². The zero-order valence-electron chi connectivity index (χ0n) is 9.37. The molecule has 0 amide bonds. The fourth-order valence-corrected chi connectivity index (χ4v) is 2.30. The van der Waals surface area contributed by atoms with E-state index in [1.165, 1.54) is 6.07 Å². The second-order valence-electron chi connectivity index (χ2n) is 3.72. The second-order valence-corrected chi connectivity index (χ2v) is 4.52. The minimum absolute atomic E-state index is 0.0197. The molecule has 0 spiro atoms. The molecule has 2 aromatic rings. The highest BCUT2D eigenvalue weighted by Crippen LogP contribution is 2.27. The molecule has 1 aromatic heterocycles. The lowest BCUT2D eigenvalue weighted by Crippen LogP contribution is -2.20. The van der Waals surface area contributed by atoms with Crippen LogP contribution in [0.3, 0.4) is 0 Å². The summed E-state index contributed by atoms with van der Waals surface area (Å²) in [6, 6.07) is 5.07. The number of halogens is 2. The zero-order valence-corrected chi connectivity index (χ0v) is 11.0. The molecule has 1 aromatic carbocycles. The lowest BCUT2D eigenvalue weighted by Gasteiger charge is -2.17. The number of benzene rings is 1. The van der Waals surface area contributed by atoms with Crippen LogP contribution < -0.4 is 5.32 Å². The standard InChI is InChI=1S/C12H13BrFN3/c1-15-10(7-11-16-5-6-17-11)8-3-2-4-9(14)12(8)13/h2-6,10,15H,7H2,1H3,(H,16,17). The quantitative estimate of drug-likeness (QED) is 0.911. The first-order valence-corrected chi connectivity index (χ1v) is 6.11. The fourth-order valence-electron chi connectivity index (χ4n) is 1.76. The van der Waals surface area contributed by atoms with Gasteiger partial charge in [0.25, 0.3) is 0 Å². The molecule has 1 unspecified atom stereocenters. The number of rotatable bonds is 4. The predicted molar refractivity (Wildman–Crippen MR) is 68.2 cm³/mol. The Hall–Kier alpha value is -1.20. The van der Waals surface area contributed by atoms with Gasteiger partial charge < -0.3 is 10.3 Å². The van der Waals surface area contributed by atoms with Gasteiger partial charge in [-0.15, -0.1) is 0 Å². The molecule has 0 aliphatic rings. The number of nitrogens with zero attached hydrogens (tertiary/aromatic N) is 1. The van der Waals surface area contributed by atoms with Crippen LogP contribution in [0.15, 0.2) is 35.1 Å². The highest BCUT2D eigenvalue weighted by Gasteiger charge is 2.16. The first-order valence-electron chi connectivity index (χ1n) is 5.31. The molecule has 17 heavy (non-hydrogen) atoms. The van der Waals surface area contributed by atoms with Crippen LogP contribution in [0.4, 0.5) is 4.39 Å². The average molecular weight is 298 g/mol. The van der Waals surface area contributed by atoms with Gasteiger partial charge in [0.1, 0.15) is 11.6 Å². The van der Waals surface area contributed by atoms with Crippen molar-refractivity contribution in [3.05, 3.63) is 52.3 Å². The Morgan fingerprint density at radius 2 is 2.35 bits per heavy atom.